The Kier molecular flexibility index (Phi) is 13.1. The van der Waals surface area contributed by atoms with Gasteiger partial charge in [0, 0.05) is 17.7 Å². The Morgan fingerprint density at radius 1 is 0.971 bits per heavy atom. The van der Waals surface area contributed by atoms with Crippen LogP contribution in [0.5, 0.6) is 5.75 Å². The Morgan fingerprint density at radius 3 is 2.21 bits per heavy atom. The highest BCUT2D eigenvalue weighted by Gasteiger charge is 2.24. The summed E-state index contributed by atoms with van der Waals surface area (Å²) in [6.45, 7) is 8.36. The fourth-order valence-corrected chi connectivity index (χ4v) is 4.10. The van der Waals surface area contributed by atoms with E-state index in [1.807, 2.05) is 24.3 Å². The Bertz CT molecular complexity index is 776. The number of carbonyl (C=O) groups is 2. The molecule has 1 aliphatic carbocycles. The normalized spacial score (nSPS) is 17.9. The molecule has 1 fully saturated rings. The first-order valence-electron chi connectivity index (χ1n) is 13.1. The Balaban J connectivity index is 1.59. The van der Waals surface area contributed by atoms with E-state index in [1.54, 1.807) is 13.0 Å². The zero-order valence-corrected chi connectivity index (χ0v) is 21.2. The van der Waals surface area contributed by atoms with Crippen molar-refractivity contribution in [2.45, 2.75) is 103 Å². The number of carbonyl (C=O) groups excluding carboxylic acids is 2. The summed E-state index contributed by atoms with van der Waals surface area (Å²) in [5.41, 5.74) is 1.45. The molecule has 0 bridgehead atoms. The van der Waals surface area contributed by atoms with Crippen molar-refractivity contribution >= 4 is 18.0 Å². The highest BCUT2D eigenvalue weighted by atomic mass is 16.5. The third-order valence-electron chi connectivity index (χ3n) is 6.24. The smallest absolute Gasteiger partial charge is 0.331 e. The number of esters is 1. The first kappa shape index (κ1) is 27.7. The average molecular weight is 470 g/mol. The van der Waals surface area contributed by atoms with Crippen LogP contribution in [0.4, 0.5) is 0 Å². The van der Waals surface area contributed by atoms with Crippen molar-refractivity contribution in [1.82, 2.24) is 5.32 Å². The lowest BCUT2D eigenvalue weighted by Gasteiger charge is -2.28. The van der Waals surface area contributed by atoms with Crippen LogP contribution in [-0.2, 0) is 14.3 Å². The van der Waals surface area contributed by atoms with Crippen molar-refractivity contribution in [1.29, 1.82) is 0 Å². The molecule has 0 saturated heterocycles. The molecule has 0 aliphatic heterocycles. The molecule has 5 nitrogen and oxygen atoms in total. The van der Waals surface area contributed by atoms with Crippen LogP contribution in [0, 0.1) is 0 Å². The number of nitrogens with one attached hydrogen (secondary N) is 1. The van der Waals surface area contributed by atoms with Crippen LogP contribution in [0.1, 0.15) is 96.5 Å². The van der Waals surface area contributed by atoms with E-state index in [-0.39, 0.29) is 24.0 Å². The summed E-state index contributed by atoms with van der Waals surface area (Å²) in [4.78, 5) is 23.9. The second kappa shape index (κ2) is 16.1. The summed E-state index contributed by atoms with van der Waals surface area (Å²) in [7, 11) is 0. The first-order valence-corrected chi connectivity index (χ1v) is 13.1. The predicted molar refractivity (Wildman–Crippen MR) is 139 cm³/mol. The number of hydrogen-bond donors (Lipinski definition) is 1. The molecule has 0 aromatic heterocycles. The van der Waals surface area contributed by atoms with Gasteiger partial charge in [-0.05, 0) is 62.8 Å². The van der Waals surface area contributed by atoms with Gasteiger partial charge in [-0.2, -0.15) is 0 Å². The van der Waals surface area contributed by atoms with Crippen LogP contribution >= 0.6 is 0 Å². The van der Waals surface area contributed by atoms with Crippen molar-refractivity contribution in [3.63, 3.8) is 0 Å². The van der Waals surface area contributed by atoms with Crippen molar-refractivity contribution in [2.24, 2.45) is 0 Å². The molecule has 1 saturated carbocycles. The highest BCUT2D eigenvalue weighted by Crippen LogP contribution is 2.22. The maximum atomic E-state index is 12.2. The number of ether oxygens (including phenoxy) is 2. The average Bonchev–Trinajstić information content (AvgIpc) is 2.83. The molecule has 0 spiro atoms. The number of benzene rings is 1. The third kappa shape index (κ3) is 11.5. The van der Waals surface area contributed by atoms with Crippen LogP contribution in [0.15, 0.2) is 42.5 Å². The van der Waals surface area contributed by atoms with Gasteiger partial charge in [-0.25, -0.2) is 4.79 Å². The first-order chi connectivity index (χ1) is 16.5. The predicted octanol–water partition coefficient (Wildman–Crippen LogP) is 6.77. The van der Waals surface area contributed by atoms with E-state index in [1.165, 1.54) is 51.0 Å². The fourth-order valence-electron chi connectivity index (χ4n) is 4.10. The second-order valence-electron chi connectivity index (χ2n) is 9.39. The van der Waals surface area contributed by atoms with Gasteiger partial charge in [-0.1, -0.05) is 70.6 Å². The van der Waals surface area contributed by atoms with Gasteiger partial charge < -0.3 is 14.8 Å². The zero-order chi connectivity index (χ0) is 24.6. The Morgan fingerprint density at radius 2 is 1.59 bits per heavy atom. The highest BCUT2D eigenvalue weighted by molar-refractivity contribution is 5.92. The van der Waals surface area contributed by atoms with Gasteiger partial charge in [0.05, 0.1) is 6.61 Å². The minimum atomic E-state index is -0.329. The molecule has 34 heavy (non-hydrogen) atoms. The van der Waals surface area contributed by atoms with Gasteiger partial charge in [0.1, 0.15) is 11.9 Å². The van der Waals surface area contributed by atoms with E-state index in [4.69, 9.17) is 9.47 Å². The third-order valence-corrected chi connectivity index (χ3v) is 6.24. The molecular formula is C29H43NO4. The summed E-state index contributed by atoms with van der Waals surface area (Å²) >= 11 is 0. The summed E-state index contributed by atoms with van der Waals surface area (Å²) in [6.07, 6.45) is 16.6. The van der Waals surface area contributed by atoms with E-state index in [0.29, 0.717) is 5.57 Å². The molecule has 0 atom stereocenters. The van der Waals surface area contributed by atoms with Crippen LogP contribution in [-0.4, -0.2) is 30.6 Å². The molecule has 0 unspecified atom stereocenters. The maximum absolute atomic E-state index is 12.2. The van der Waals surface area contributed by atoms with E-state index >= 15 is 0 Å². The molecule has 1 N–H and O–H groups in total. The number of hydrogen-bond acceptors (Lipinski definition) is 4. The minimum Gasteiger partial charge on any atom is -0.494 e. The molecule has 1 aliphatic rings. The largest absolute Gasteiger partial charge is 0.494 e. The second-order valence-corrected chi connectivity index (χ2v) is 9.39. The van der Waals surface area contributed by atoms with Crippen molar-refractivity contribution in [3.05, 3.63) is 48.1 Å². The molecule has 0 radical (unpaired) electrons. The summed E-state index contributed by atoms with van der Waals surface area (Å²) in [5.74, 6) is 0.426. The lowest BCUT2D eigenvalue weighted by molar-refractivity contribution is -0.144. The number of unbranched alkanes of at least 4 members (excludes halogenated alkanes) is 7. The monoisotopic (exact) mass is 469 g/mol. The maximum Gasteiger partial charge on any atom is 0.331 e. The quantitative estimate of drug-likeness (QED) is 0.175. The van der Waals surface area contributed by atoms with Gasteiger partial charge in [0.15, 0.2) is 0 Å². The van der Waals surface area contributed by atoms with Crippen LogP contribution in [0.25, 0.3) is 6.08 Å². The van der Waals surface area contributed by atoms with E-state index in [0.717, 1.165) is 50.0 Å². The Hall–Kier alpha value is -2.56. The van der Waals surface area contributed by atoms with Crippen molar-refractivity contribution in [2.75, 3.05) is 6.61 Å². The molecule has 5 heteroatoms. The van der Waals surface area contributed by atoms with E-state index in [9.17, 15) is 9.59 Å². The van der Waals surface area contributed by atoms with Gasteiger partial charge in [0.25, 0.3) is 0 Å². The van der Waals surface area contributed by atoms with Crippen LogP contribution in [0.3, 0.4) is 0 Å². The lowest BCUT2D eigenvalue weighted by Crippen LogP contribution is -2.39. The minimum absolute atomic E-state index is 0.0951. The summed E-state index contributed by atoms with van der Waals surface area (Å²) < 4.78 is 11.4. The van der Waals surface area contributed by atoms with E-state index < -0.39 is 0 Å². The van der Waals surface area contributed by atoms with Crippen LogP contribution in [0.2, 0.25) is 0 Å². The summed E-state index contributed by atoms with van der Waals surface area (Å²) in [5, 5.41) is 2.97. The topological polar surface area (TPSA) is 64.6 Å². The summed E-state index contributed by atoms with van der Waals surface area (Å²) in [6, 6.07) is 7.91. The van der Waals surface area contributed by atoms with Gasteiger partial charge >= 0.3 is 5.97 Å². The molecule has 1 aromatic carbocycles. The molecular weight excluding hydrogens is 426 g/mol. The van der Waals surface area contributed by atoms with Crippen molar-refractivity contribution in [3.8, 4) is 5.75 Å². The van der Waals surface area contributed by atoms with Gasteiger partial charge in [-0.3, -0.25) is 4.79 Å². The fraction of sp³-hybridized carbons (Fsp3) is 0.586. The molecule has 0 heterocycles. The molecule has 2 rings (SSSR count). The van der Waals surface area contributed by atoms with Gasteiger partial charge in [0.2, 0.25) is 5.91 Å². The number of amides is 1. The SMILES string of the molecule is C=C(C)C(=O)NC1CCC(OC(=O)/C=C/c2ccc(OCCCCCCCCCC)cc2)CC1. The zero-order valence-electron chi connectivity index (χ0n) is 21.2. The number of rotatable bonds is 15. The van der Waals surface area contributed by atoms with Crippen LogP contribution < -0.4 is 10.1 Å². The Labute approximate surface area is 206 Å². The molecule has 1 amide bonds. The van der Waals surface area contributed by atoms with Crippen molar-refractivity contribution < 1.29 is 19.1 Å². The van der Waals surface area contributed by atoms with Gasteiger partial charge in [-0.15, -0.1) is 0 Å². The molecule has 1 aromatic rings. The van der Waals surface area contributed by atoms with E-state index in [2.05, 4.69) is 18.8 Å². The molecule has 188 valence electrons. The standard InChI is InChI=1S/C29H43NO4/c1-4-5-6-7-8-9-10-11-22-33-26-17-12-24(13-18-26)14-21-28(31)34-27-19-15-25(16-20-27)30-29(32)23(2)3/h12-14,17-18,21,25,27H,2,4-11,15-16,19-20,22H2,1,3H3,(H,30,32)/b21-14+. The lowest BCUT2D eigenvalue weighted by atomic mass is 9.92.